The monoisotopic (exact) mass is 340 g/mol. The number of carbonyl (C=O) groups excluding carboxylic acids is 1. The Morgan fingerprint density at radius 1 is 1.14 bits per heavy atom. The second-order valence-corrected chi connectivity index (χ2v) is 6.77. The first-order valence-corrected chi connectivity index (χ1v) is 7.48. The van der Waals surface area contributed by atoms with Gasteiger partial charge in [-0.3, -0.25) is 4.79 Å². The number of benzene rings is 1. The summed E-state index contributed by atoms with van der Waals surface area (Å²) in [6.45, 7) is 0. The Labute approximate surface area is 137 Å². The summed E-state index contributed by atoms with van der Waals surface area (Å²) >= 11 is 18.3. The van der Waals surface area contributed by atoms with Gasteiger partial charge in [0.05, 0.1) is 10.9 Å². The van der Waals surface area contributed by atoms with E-state index in [1.807, 2.05) is 30.3 Å². The highest BCUT2D eigenvalue weighted by atomic mass is 35.5. The van der Waals surface area contributed by atoms with Gasteiger partial charge in [0.2, 0.25) is 5.91 Å². The fraction of sp³-hybridized carbons (Fsp3) is 0.200. The Bertz CT molecular complexity index is 658. The number of rotatable bonds is 3. The quantitative estimate of drug-likeness (QED) is 0.848. The molecule has 1 saturated carbocycles. The van der Waals surface area contributed by atoms with Crippen molar-refractivity contribution in [2.75, 3.05) is 5.32 Å². The molecule has 1 fully saturated rings. The van der Waals surface area contributed by atoms with Crippen molar-refractivity contribution in [2.45, 2.75) is 10.3 Å². The summed E-state index contributed by atoms with van der Waals surface area (Å²) in [5.41, 5.74) is 0.951. The first-order chi connectivity index (χ1) is 10.00. The van der Waals surface area contributed by atoms with Crippen LogP contribution in [0.4, 0.5) is 5.82 Å². The molecule has 0 spiro atoms. The predicted octanol–water partition coefficient (Wildman–Crippen LogP) is 4.26. The molecule has 3 nitrogen and oxygen atoms in total. The Balaban J connectivity index is 1.75. The first-order valence-electron chi connectivity index (χ1n) is 6.35. The van der Waals surface area contributed by atoms with Gasteiger partial charge in [-0.2, -0.15) is 0 Å². The average molecular weight is 342 g/mol. The standard InChI is InChI=1S/C15H11Cl3N2O/c16-10-6-7-11(19-8-10)20-14(21)13-12(15(13,17)18)9-4-2-1-3-5-9/h1-8,12-13H,(H,19,20,21)/t12-,13-/m0/s1. The van der Waals surface area contributed by atoms with Crippen LogP contribution in [0.25, 0.3) is 0 Å². The minimum Gasteiger partial charge on any atom is -0.310 e. The largest absolute Gasteiger partial charge is 0.310 e. The molecule has 0 aliphatic heterocycles. The maximum Gasteiger partial charge on any atom is 0.232 e. The van der Waals surface area contributed by atoms with E-state index in [1.54, 1.807) is 12.1 Å². The molecule has 1 aliphatic rings. The maximum atomic E-state index is 12.3. The van der Waals surface area contributed by atoms with Crippen molar-refractivity contribution < 1.29 is 4.79 Å². The highest BCUT2D eigenvalue weighted by molar-refractivity contribution is 6.53. The molecule has 6 heteroatoms. The maximum absolute atomic E-state index is 12.3. The molecule has 1 heterocycles. The SMILES string of the molecule is O=C(Nc1ccc(Cl)cn1)[C@@H]1[C@H](c2ccccc2)C1(Cl)Cl. The molecule has 0 unspecified atom stereocenters. The summed E-state index contributed by atoms with van der Waals surface area (Å²) in [4.78, 5) is 16.3. The Morgan fingerprint density at radius 3 is 2.48 bits per heavy atom. The molecule has 108 valence electrons. The molecule has 1 aromatic heterocycles. The van der Waals surface area contributed by atoms with Crippen molar-refractivity contribution >= 4 is 46.5 Å². The topological polar surface area (TPSA) is 42.0 Å². The second-order valence-electron chi connectivity index (χ2n) is 4.89. The number of anilines is 1. The van der Waals surface area contributed by atoms with Crippen LogP contribution in [0, 0.1) is 5.92 Å². The van der Waals surface area contributed by atoms with Gasteiger partial charge in [0, 0.05) is 12.1 Å². The Hall–Kier alpha value is -1.29. The zero-order valence-corrected chi connectivity index (χ0v) is 13.0. The average Bonchev–Trinajstić information content (AvgIpc) is 3.05. The van der Waals surface area contributed by atoms with Crippen molar-refractivity contribution in [2.24, 2.45) is 5.92 Å². The normalized spacial score (nSPS) is 22.6. The van der Waals surface area contributed by atoms with Gasteiger partial charge in [0.1, 0.15) is 10.2 Å². The summed E-state index contributed by atoms with van der Waals surface area (Å²) in [6.07, 6.45) is 1.47. The molecule has 1 N–H and O–H groups in total. The van der Waals surface area contributed by atoms with Crippen LogP contribution in [0.3, 0.4) is 0 Å². The summed E-state index contributed by atoms with van der Waals surface area (Å²) in [7, 11) is 0. The number of hydrogen-bond acceptors (Lipinski definition) is 2. The minimum atomic E-state index is -1.09. The van der Waals surface area contributed by atoms with Crippen LogP contribution in [0.1, 0.15) is 11.5 Å². The third-order valence-corrected chi connectivity index (χ3v) is 4.64. The number of carbonyl (C=O) groups is 1. The number of halogens is 3. The molecule has 0 bridgehead atoms. The fourth-order valence-corrected chi connectivity index (χ4v) is 3.32. The number of pyridine rings is 1. The minimum absolute atomic E-state index is 0.214. The zero-order valence-electron chi connectivity index (χ0n) is 10.8. The van der Waals surface area contributed by atoms with E-state index in [2.05, 4.69) is 10.3 Å². The molecule has 2 aromatic rings. The predicted molar refractivity (Wildman–Crippen MR) is 85.0 cm³/mol. The molecule has 1 aromatic carbocycles. The summed E-state index contributed by atoms with van der Waals surface area (Å²) in [5, 5.41) is 3.21. The van der Waals surface area contributed by atoms with Gasteiger partial charge in [0.15, 0.2) is 0 Å². The lowest BCUT2D eigenvalue weighted by Gasteiger charge is -2.03. The van der Waals surface area contributed by atoms with Crippen molar-refractivity contribution in [1.82, 2.24) is 4.98 Å². The highest BCUT2D eigenvalue weighted by Gasteiger charge is 2.67. The fourth-order valence-electron chi connectivity index (χ4n) is 2.38. The third-order valence-electron chi connectivity index (χ3n) is 3.47. The molecular formula is C15H11Cl3N2O. The summed E-state index contributed by atoms with van der Waals surface area (Å²) < 4.78 is -1.09. The van der Waals surface area contributed by atoms with E-state index in [9.17, 15) is 4.79 Å². The lowest BCUT2D eigenvalue weighted by Crippen LogP contribution is -2.17. The lowest BCUT2D eigenvalue weighted by molar-refractivity contribution is -0.117. The van der Waals surface area contributed by atoms with Gasteiger partial charge in [-0.15, -0.1) is 23.2 Å². The highest BCUT2D eigenvalue weighted by Crippen LogP contribution is 2.65. The first kappa shape index (κ1) is 14.6. The summed E-state index contributed by atoms with van der Waals surface area (Å²) in [6, 6.07) is 12.8. The van der Waals surface area contributed by atoms with Crippen LogP contribution in [0.5, 0.6) is 0 Å². The molecule has 0 saturated heterocycles. The Kier molecular flexibility index (Phi) is 3.82. The van der Waals surface area contributed by atoms with Crippen LogP contribution >= 0.6 is 34.8 Å². The number of nitrogens with one attached hydrogen (secondary N) is 1. The van der Waals surface area contributed by atoms with Gasteiger partial charge in [-0.05, 0) is 17.7 Å². The van der Waals surface area contributed by atoms with Crippen molar-refractivity contribution in [3.05, 3.63) is 59.2 Å². The Morgan fingerprint density at radius 2 is 1.86 bits per heavy atom. The molecular weight excluding hydrogens is 331 g/mol. The van der Waals surface area contributed by atoms with Gasteiger partial charge in [-0.25, -0.2) is 4.98 Å². The smallest absolute Gasteiger partial charge is 0.232 e. The summed E-state index contributed by atoms with van der Waals surface area (Å²) in [5.74, 6) is -0.536. The van der Waals surface area contributed by atoms with Crippen LogP contribution in [0.15, 0.2) is 48.7 Å². The van der Waals surface area contributed by atoms with Crippen molar-refractivity contribution in [3.63, 3.8) is 0 Å². The van der Waals surface area contributed by atoms with Crippen molar-refractivity contribution in [1.29, 1.82) is 0 Å². The van der Waals surface area contributed by atoms with E-state index >= 15 is 0 Å². The molecule has 1 aliphatic carbocycles. The number of nitrogens with zero attached hydrogens (tertiary/aromatic N) is 1. The van der Waals surface area contributed by atoms with E-state index in [4.69, 9.17) is 34.8 Å². The molecule has 0 radical (unpaired) electrons. The van der Waals surface area contributed by atoms with Crippen LogP contribution in [-0.4, -0.2) is 15.2 Å². The molecule has 3 rings (SSSR count). The zero-order chi connectivity index (χ0) is 15.0. The van der Waals surface area contributed by atoms with Gasteiger partial charge >= 0.3 is 0 Å². The van der Waals surface area contributed by atoms with Gasteiger partial charge in [0.25, 0.3) is 0 Å². The number of amides is 1. The van der Waals surface area contributed by atoms with Gasteiger partial charge in [-0.1, -0.05) is 41.9 Å². The second kappa shape index (κ2) is 5.48. The van der Waals surface area contributed by atoms with Crippen LogP contribution in [-0.2, 0) is 4.79 Å². The van der Waals surface area contributed by atoms with E-state index < -0.39 is 10.3 Å². The molecule has 21 heavy (non-hydrogen) atoms. The molecule has 2 atom stereocenters. The number of hydrogen-bond donors (Lipinski definition) is 1. The number of aromatic nitrogens is 1. The van der Waals surface area contributed by atoms with E-state index in [0.29, 0.717) is 10.8 Å². The molecule has 1 amide bonds. The third kappa shape index (κ3) is 2.86. The van der Waals surface area contributed by atoms with Crippen LogP contribution in [0.2, 0.25) is 5.02 Å². The van der Waals surface area contributed by atoms with E-state index in [1.165, 1.54) is 6.20 Å². The number of alkyl halides is 2. The van der Waals surface area contributed by atoms with E-state index in [-0.39, 0.29) is 11.8 Å². The van der Waals surface area contributed by atoms with Crippen molar-refractivity contribution in [3.8, 4) is 0 Å². The lowest BCUT2D eigenvalue weighted by atomic mass is 10.1. The van der Waals surface area contributed by atoms with E-state index in [0.717, 1.165) is 5.56 Å². The van der Waals surface area contributed by atoms with Crippen LogP contribution < -0.4 is 5.32 Å². The van der Waals surface area contributed by atoms with Gasteiger partial charge < -0.3 is 5.32 Å².